The lowest BCUT2D eigenvalue weighted by Gasteiger charge is -2.40. The van der Waals surface area contributed by atoms with Crippen LogP contribution in [0.2, 0.25) is 0 Å². The summed E-state index contributed by atoms with van der Waals surface area (Å²) in [5.74, 6) is 16.1. The smallest absolute Gasteiger partial charge is 0.0234 e. The minimum Gasteiger partial charge on any atom is -0.0996 e. The molecular formula is C29H48. The largest absolute Gasteiger partial charge is 0.0996 e. The predicted molar refractivity (Wildman–Crippen MR) is 125 cm³/mol. The van der Waals surface area contributed by atoms with E-state index in [1.165, 1.54) is 96.3 Å². The third kappa shape index (κ3) is 5.83. The molecule has 164 valence electrons. The van der Waals surface area contributed by atoms with E-state index in [4.69, 9.17) is 0 Å². The molecule has 0 aromatic rings. The van der Waals surface area contributed by atoms with Gasteiger partial charge in [0, 0.05) is 11.8 Å². The van der Waals surface area contributed by atoms with E-state index < -0.39 is 0 Å². The minimum absolute atomic E-state index is 0.722. The number of hydrogen-bond donors (Lipinski definition) is 0. The lowest BCUT2D eigenvalue weighted by Crippen LogP contribution is -2.31. The van der Waals surface area contributed by atoms with Crippen molar-refractivity contribution in [1.29, 1.82) is 0 Å². The minimum atomic E-state index is 0.722. The van der Waals surface area contributed by atoms with Crippen LogP contribution in [-0.2, 0) is 0 Å². The molecule has 0 bridgehead atoms. The molecule has 4 rings (SSSR count). The summed E-state index contributed by atoms with van der Waals surface area (Å²) in [6.07, 6.45) is 22.0. The van der Waals surface area contributed by atoms with Crippen LogP contribution >= 0.6 is 0 Å². The normalized spacial score (nSPS) is 46.5. The molecule has 0 nitrogen and oxygen atoms in total. The summed E-state index contributed by atoms with van der Waals surface area (Å²) in [5, 5.41) is 0. The maximum atomic E-state index is 3.95. The summed E-state index contributed by atoms with van der Waals surface area (Å²) < 4.78 is 0. The van der Waals surface area contributed by atoms with Gasteiger partial charge in [-0.05, 0) is 99.2 Å². The van der Waals surface area contributed by atoms with Crippen molar-refractivity contribution in [3.05, 3.63) is 0 Å². The van der Waals surface area contributed by atoms with Crippen LogP contribution in [0.5, 0.6) is 0 Å². The number of rotatable bonds is 2. The molecule has 0 N–H and O–H groups in total. The second-order valence-electron chi connectivity index (χ2n) is 12.1. The van der Waals surface area contributed by atoms with Gasteiger partial charge in [0.15, 0.2) is 0 Å². The summed E-state index contributed by atoms with van der Waals surface area (Å²) in [5.41, 5.74) is 0. The van der Waals surface area contributed by atoms with Gasteiger partial charge in [0.05, 0.1) is 0 Å². The summed E-state index contributed by atoms with van der Waals surface area (Å²) >= 11 is 0. The van der Waals surface area contributed by atoms with Gasteiger partial charge in [-0.2, -0.15) is 0 Å². The highest BCUT2D eigenvalue weighted by Gasteiger charge is 2.35. The van der Waals surface area contributed by atoms with Gasteiger partial charge in [0.2, 0.25) is 0 Å². The van der Waals surface area contributed by atoms with E-state index in [0.717, 1.165) is 53.3 Å². The van der Waals surface area contributed by atoms with Crippen LogP contribution in [0.25, 0.3) is 0 Å². The first-order valence-corrected chi connectivity index (χ1v) is 13.6. The first kappa shape index (κ1) is 21.8. The lowest BCUT2D eigenvalue weighted by molar-refractivity contribution is 0.118. The molecular weight excluding hydrogens is 348 g/mol. The second kappa shape index (κ2) is 10.2. The third-order valence-corrected chi connectivity index (χ3v) is 9.74. The Morgan fingerprint density at radius 1 is 0.483 bits per heavy atom. The molecule has 0 heterocycles. The second-order valence-corrected chi connectivity index (χ2v) is 12.1. The van der Waals surface area contributed by atoms with Crippen LogP contribution in [0.15, 0.2) is 0 Å². The van der Waals surface area contributed by atoms with Crippen molar-refractivity contribution >= 4 is 0 Å². The molecule has 4 fully saturated rings. The van der Waals surface area contributed by atoms with Gasteiger partial charge in [-0.3, -0.25) is 0 Å². The van der Waals surface area contributed by atoms with Crippen molar-refractivity contribution in [1.82, 2.24) is 0 Å². The zero-order chi connectivity index (χ0) is 20.2. The van der Waals surface area contributed by atoms with Crippen molar-refractivity contribution < 1.29 is 0 Å². The summed E-state index contributed by atoms with van der Waals surface area (Å²) in [4.78, 5) is 0. The Morgan fingerprint density at radius 3 is 1.79 bits per heavy atom. The van der Waals surface area contributed by atoms with Crippen LogP contribution in [0.3, 0.4) is 0 Å². The fourth-order valence-electron chi connectivity index (χ4n) is 7.61. The molecule has 5 atom stereocenters. The molecule has 0 saturated heterocycles. The van der Waals surface area contributed by atoms with Crippen LogP contribution in [-0.4, -0.2) is 0 Å². The number of hydrogen-bond acceptors (Lipinski definition) is 0. The predicted octanol–water partition coefficient (Wildman–Crippen LogP) is 8.50. The SMILES string of the molecule is CC1CCC(C2CCCC(C#CC3CCC(C)CC3C3CCC(C)CC3)C2)CC1. The van der Waals surface area contributed by atoms with Crippen molar-refractivity contribution in [3.8, 4) is 11.8 Å². The van der Waals surface area contributed by atoms with Crippen LogP contribution in [0, 0.1) is 65.1 Å². The van der Waals surface area contributed by atoms with Crippen molar-refractivity contribution in [3.63, 3.8) is 0 Å². The van der Waals surface area contributed by atoms with Crippen LogP contribution < -0.4 is 0 Å². The van der Waals surface area contributed by atoms with E-state index in [2.05, 4.69) is 32.6 Å². The molecule has 4 aliphatic rings. The Kier molecular flexibility index (Phi) is 7.69. The highest BCUT2D eigenvalue weighted by molar-refractivity contribution is 5.11. The third-order valence-electron chi connectivity index (χ3n) is 9.74. The van der Waals surface area contributed by atoms with Crippen LogP contribution in [0.1, 0.15) is 117 Å². The summed E-state index contributed by atoms with van der Waals surface area (Å²) in [6.45, 7) is 7.42. The molecule has 0 amide bonds. The quantitative estimate of drug-likeness (QED) is 0.410. The Balaban J connectivity index is 1.35. The molecule has 29 heavy (non-hydrogen) atoms. The van der Waals surface area contributed by atoms with Crippen molar-refractivity contribution in [2.24, 2.45) is 53.3 Å². The van der Waals surface area contributed by atoms with Gasteiger partial charge < -0.3 is 0 Å². The van der Waals surface area contributed by atoms with E-state index in [1.54, 1.807) is 0 Å². The fraction of sp³-hybridized carbons (Fsp3) is 0.931. The molecule has 0 spiro atoms. The van der Waals surface area contributed by atoms with Gasteiger partial charge in [0.1, 0.15) is 0 Å². The van der Waals surface area contributed by atoms with E-state index in [1.807, 2.05) is 0 Å². The van der Waals surface area contributed by atoms with Crippen LogP contribution in [0.4, 0.5) is 0 Å². The van der Waals surface area contributed by atoms with Crippen molar-refractivity contribution in [2.75, 3.05) is 0 Å². The molecule has 4 saturated carbocycles. The van der Waals surface area contributed by atoms with Gasteiger partial charge in [-0.1, -0.05) is 71.1 Å². The van der Waals surface area contributed by atoms with Gasteiger partial charge in [0.25, 0.3) is 0 Å². The molecule has 4 aliphatic carbocycles. The zero-order valence-corrected chi connectivity index (χ0v) is 19.8. The molecule has 0 aromatic carbocycles. The standard InChI is InChI=1S/C29H48/c1-21-7-13-25(14-8-21)28-6-4-5-24(20-28)12-18-27-17-11-23(3)19-29(27)26-15-9-22(2)10-16-26/h21-29H,4-11,13-17,19-20H2,1-3H3. The van der Waals surface area contributed by atoms with E-state index in [9.17, 15) is 0 Å². The Labute approximate surface area is 182 Å². The summed E-state index contributed by atoms with van der Waals surface area (Å²) in [6, 6.07) is 0. The highest BCUT2D eigenvalue weighted by Crippen LogP contribution is 2.45. The van der Waals surface area contributed by atoms with Crippen molar-refractivity contribution in [2.45, 2.75) is 117 Å². The van der Waals surface area contributed by atoms with E-state index >= 15 is 0 Å². The average molecular weight is 397 g/mol. The average Bonchev–Trinajstić information content (AvgIpc) is 2.74. The highest BCUT2D eigenvalue weighted by atomic mass is 14.4. The fourth-order valence-corrected chi connectivity index (χ4v) is 7.61. The first-order valence-electron chi connectivity index (χ1n) is 13.6. The lowest BCUT2D eigenvalue weighted by atomic mass is 9.64. The molecule has 0 radical (unpaired) electrons. The Bertz CT molecular complexity index is 548. The topological polar surface area (TPSA) is 0 Å². The maximum absolute atomic E-state index is 3.95. The Morgan fingerprint density at radius 2 is 1.10 bits per heavy atom. The molecule has 5 unspecified atom stereocenters. The maximum Gasteiger partial charge on any atom is 0.0234 e. The monoisotopic (exact) mass is 396 g/mol. The van der Waals surface area contributed by atoms with Gasteiger partial charge >= 0.3 is 0 Å². The Hall–Kier alpha value is -0.440. The summed E-state index contributed by atoms with van der Waals surface area (Å²) in [7, 11) is 0. The van der Waals surface area contributed by atoms with Gasteiger partial charge in [-0.25, -0.2) is 0 Å². The van der Waals surface area contributed by atoms with Gasteiger partial charge in [-0.15, -0.1) is 0 Å². The molecule has 0 aromatic heterocycles. The molecule has 0 heteroatoms. The van der Waals surface area contributed by atoms with E-state index in [-0.39, 0.29) is 0 Å². The molecule has 0 aliphatic heterocycles. The zero-order valence-electron chi connectivity index (χ0n) is 19.8. The van der Waals surface area contributed by atoms with E-state index in [0.29, 0.717) is 0 Å². The first-order chi connectivity index (χ1) is 14.1.